The molecule has 2 fully saturated rings. The van der Waals surface area contributed by atoms with Gasteiger partial charge in [-0.1, -0.05) is 35.9 Å². The van der Waals surface area contributed by atoms with Gasteiger partial charge in [0.15, 0.2) is 0 Å². The van der Waals surface area contributed by atoms with Crippen LogP contribution in [0.5, 0.6) is 5.75 Å². The van der Waals surface area contributed by atoms with Gasteiger partial charge in [0.1, 0.15) is 17.8 Å². The lowest BCUT2D eigenvalue weighted by molar-refractivity contribution is -0.172. The van der Waals surface area contributed by atoms with Crippen molar-refractivity contribution >= 4 is 23.5 Å². The van der Waals surface area contributed by atoms with Gasteiger partial charge >= 0.3 is 5.97 Å². The summed E-state index contributed by atoms with van der Waals surface area (Å²) in [4.78, 5) is 26.0. The summed E-state index contributed by atoms with van der Waals surface area (Å²) in [6.45, 7) is -0.0248. The summed E-state index contributed by atoms with van der Waals surface area (Å²) in [6.07, 6.45) is -0.315. The van der Waals surface area contributed by atoms with Crippen LogP contribution in [0.2, 0.25) is 5.02 Å². The molecule has 1 N–H and O–H groups in total. The van der Waals surface area contributed by atoms with Gasteiger partial charge < -0.3 is 14.7 Å². The molecule has 2 aromatic rings. The fourth-order valence-electron chi connectivity index (χ4n) is 4.28. The molecular weight excluding hydrogens is 440 g/mol. The van der Waals surface area contributed by atoms with Crippen LogP contribution in [0, 0.1) is 11.3 Å². The fourth-order valence-corrected chi connectivity index (χ4v) is 4.41. The maximum Gasteiger partial charge on any atom is 0.316 e. The number of amides is 1. The highest BCUT2D eigenvalue weighted by molar-refractivity contribution is 6.30. The Morgan fingerprint density at radius 3 is 2.06 bits per heavy atom. The van der Waals surface area contributed by atoms with E-state index in [0.29, 0.717) is 10.8 Å². The van der Waals surface area contributed by atoms with Crippen molar-refractivity contribution in [3.63, 3.8) is 0 Å². The number of likely N-dealkylation sites (tertiary alicyclic amines) is 1. The minimum Gasteiger partial charge on any atom is -0.492 e. The van der Waals surface area contributed by atoms with Crippen molar-refractivity contribution in [2.75, 3.05) is 19.7 Å². The normalized spacial score (nSPS) is 19.8. The van der Waals surface area contributed by atoms with Gasteiger partial charge in [0.05, 0.1) is 0 Å². The molecule has 0 unspecified atom stereocenters. The van der Waals surface area contributed by atoms with Crippen molar-refractivity contribution in [2.45, 2.75) is 31.6 Å². The second-order valence-electron chi connectivity index (χ2n) is 8.73. The number of nitrogens with zero attached hydrogens (tertiary/aromatic N) is 1. The summed E-state index contributed by atoms with van der Waals surface area (Å²) in [6, 6.07) is 14.7. The molecule has 8 heteroatoms. The van der Waals surface area contributed by atoms with E-state index >= 15 is 0 Å². The highest BCUT2D eigenvalue weighted by Crippen LogP contribution is 2.39. The zero-order chi connectivity index (χ0) is 22.9. The molecule has 0 atom stereocenters. The Morgan fingerprint density at radius 1 is 1.00 bits per heavy atom. The van der Waals surface area contributed by atoms with Crippen LogP contribution in [0.4, 0.5) is 8.78 Å². The van der Waals surface area contributed by atoms with E-state index < -0.39 is 23.2 Å². The van der Waals surface area contributed by atoms with Crippen molar-refractivity contribution in [1.29, 1.82) is 0 Å². The number of carboxylic acid groups (broad SMARTS) is 1. The predicted octanol–water partition coefficient (Wildman–Crippen LogP) is 5.12. The first-order valence-corrected chi connectivity index (χ1v) is 10.9. The third kappa shape index (κ3) is 4.72. The van der Waals surface area contributed by atoms with E-state index in [1.54, 1.807) is 24.3 Å². The van der Waals surface area contributed by atoms with Gasteiger partial charge in [0.2, 0.25) is 11.8 Å². The highest BCUT2D eigenvalue weighted by atomic mass is 35.5. The zero-order valence-corrected chi connectivity index (χ0v) is 18.2. The maximum atomic E-state index is 13.3. The first-order valence-electron chi connectivity index (χ1n) is 10.6. The number of hydrogen-bond acceptors (Lipinski definition) is 3. The maximum absolute atomic E-state index is 13.3. The molecule has 170 valence electrons. The summed E-state index contributed by atoms with van der Waals surface area (Å²) < 4.78 is 32.4. The fraction of sp³-hybridized carbons (Fsp3) is 0.417. The Hall–Kier alpha value is -2.67. The first-order chi connectivity index (χ1) is 15.2. The van der Waals surface area contributed by atoms with E-state index in [0.717, 1.165) is 11.1 Å². The topological polar surface area (TPSA) is 66.8 Å². The molecule has 0 radical (unpaired) electrons. The van der Waals surface area contributed by atoms with Crippen molar-refractivity contribution in [1.82, 2.24) is 4.90 Å². The van der Waals surface area contributed by atoms with Gasteiger partial charge in [-0.15, -0.1) is 0 Å². The number of halogens is 3. The summed E-state index contributed by atoms with van der Waals surface area (Å²) in [7, 11) is 0. The summed E-state index contributed by atoms with van der Waals surface area (Å²) >= 11 is 5.92. The average molecular weight is 464 g/mol. The number of hydrogen-bond donors (Lipinski definition) is 1. The van der Waals surface area contributed by atoms with Gasteiger partial charge in [-0.25, -0.2) is 8.78 Å². The lowest BCUT2D eigenvalue weighted by Crippen LogP contribution is -2.65. The van der Waals surface area contributed by atoms with Gasteiger partial charge in [0, 0.05) is 36.9 Å². The van der Waals surface area contributed by atoms with Crippen molar-refractivity contribution in [3.05, 3.63) is 53.6 Å². The monoisotopic (exact) mass is 463 g/mol. The van der Waals surface area contributed by atoms with Crippen LogP contribution in [0.3, 0.4) is 0 Å². The Balaban J connectivity index is 1.33. The second kappa shape index (κ2) is 8.70. The number of aliphatic carboxylic acids is 1. The Kier molecular flexibility index (Phi) is 6.12. The summed E-state index contributed by atoms with van der Waals surface area (Å²) in [5.41, 5.74) is 0.778. The molecule has 4 rings (SSSR count). The molecule has 0 bridgehead atoms. The predicted molar refractivity (Wildman–Crippen MR) is 116 cm³/mol. The molecular formula is C24H24ClF2NO4. The second-order valence-corrected chi connectivity index (χ2v) is 9.17. The molecule has 2 aliphatic rings. The molecule has 1 saturated carbocycles. The van der Waals surface area contributed by atoms with Crippen LogP contribution in [0.1, 0.15) is 25.7 Å². The van der Waals surface area contributed by atoms with Crippen LogP contribution in [-0.2, 0) is 9.59 Å². The first kappa shape index (κ1) is 22.5. The summed E-state index contributed by atoms with van der Waals surface area (Å²) in [5.74, 6) is -3.89. The summed E-state index contributed by atoms with van der Waals surface area (Å²) in [5, 5.41) is 10.4. The lowest BCUT2D eigenvalue weighted by atomic mass is 9.78. The number of rotatable bonds is 6. The minimum atomic E-state index is -2.70. The quantitative estimate of drug-likeness (QED) is 0.645. The van der Waals surface area contributed by atoms with Crippen molar-refractivity contribution < 1.29 is 28.2 Å². The Morgan fingerprint density at radius 2 is 1.53 bits per heavy atom. The molecule has 5 nitrogen and oxygen atoms in total. The molecule has 0 spiro atoms. The largest absolute Gasteiger partial charge is 0.492 e. The van der Waals surface area contributed by atoms with Gasteiger partial charge in [-0.2, -0.15) is 0 Å². The number of benzene rings is 2. The third-order valence-corrected chi connectivity index (χ3v) is 6.62. The molecule has 2 aromatic carbocycles. The van der Waals surface area contributed by atoms with Crippen LogP contribution in [0.15, 0.2) is 48.5 Å². The van der Waals surface area contributed by atoms with Gasteiger partial charge in [0.25, 0.3) is 0 Å². The standard InChI is InChI=1S/C24H24ClF2NO4/c25-19-5-1-16(2-6-19)17-3-7-20(8-4-17)32-15-23(22(30)31)13-28(14-23)21(29)18-9-11-24(26,27)12-10-18/h1-8,18H,9-15H2,(H,30,31). The average Bonchev–Trinajstić information content (AvgIpc) is 2.73. The van der Waals surface area contributed by atoms with E-state index in [2.05, 4.69) is 0 Å². The number of carbonyl (C=O) groups is 2. The zero-order valence-electron chi connectivity index (χ0n) is 17.4. The molecule has 32 heavy (non-hydrogen) atoms. The molecule has 0 aromatic heterocycles. The number of carboxylic acids is 1. The molecule has 1 aliphatic carbocycles. The molecule has 1 saturated heterocycles. The third-order valence-electron chi connectivity index (χ3n) is 6.37. The van der Waals surface area contributed by atoms with E-state index in [1.807, 2.05) is 24.3 Å². The van der Waals surface area contributed by atoms with E-state index in [-0.39, 0.29) is 51.3 Å². The molecule has 1 amide bonds. The van der Waals surface area contributed by atoms with Crippen molar-refractivity contribution in [2.24, 2.45) is 11.3 Å². The van der Waals surface area contributed by atoms with Crippen molar-refractivity contribution in [3.8, 4) is 16.9 Å². The van der Waals surface area contributed by atoms with Crippen LogP contribution in [0.25, 0.3) is 11.1 Å². The van der Waals surface area contributed by atoms with E-state index in [9.17, 15) is 23.5 Å². The number of ether oxygens (including phenoxy) is 1. The Labute approximate surface area is 189 Å². The molecule has 1 aliphatic heterocycles. The number of alkyl halides is 2. The minimum absolute atomic E-state index is 0.0247. The molecule has 1 heterocycles. The highest BCUT2D eigenvalue weighted by Gasteiger charge is 2.53. The Bertz CT molecular complexity index is 978. The van der Waals surface area contributed by atoms with Crippen LogP contribution in [-0.4, -0.2) is 47.5 Å². The van der Waals surface area contributed by atoms with Crippen LogP contribution >= 0.6 is 11.6 Å². The van der Waals surface area contributed by atoms with E-state index in [1.165, 1.54) is 4.90 Å². The van der Waals surface area contributed by atoms with Gasteiger partial charge in [-0.05, 0) is 48.2 Å². The lowest BCUT2D eigenvalue weighted by Gasteiger charge is -2.48. The SMILES string of the molecule is O=C(C1CCC(F)(F)CC1)N1CC(COc2ccc(-c3ccc(Cl)cc3)cc2)(C(=O)O)C1. The van der Waals surface area contributed by atoms with Crippen LogP contribution < -0.4 is 4.74 Å². The smallest absolute Gasteiger partial charge is 0.316 e. The van der Waals surface area contributed by atoms with E-state index in [4.69, 9.17) is 16.3 Å². The number of carbonyl (C=O) groups excluding carboxylic acids is 1. The van der Waals surface area contributed by atoms with Gasteiger partial charge in [-0.3, -0.25) is 9.59 Å².